The van der Waals surface area contributed by atoms with E-state index in [0.29, 0.717) is 5.92 Å². The lowest BCUT2D eigenvalue weighted by molar-refractivity contribution is 0.760. The SMILES string of the molecule is C=C/C=C(\C)C(CC)c1ccccc1. The standard InChI is InChI=1S/C14H18/c1-4-9-12(3)14(5-2)13-10-7-6-8-11-13/h4,6-11,14H,1,5H2,2-3H3/b12-9+. The van der Waals surface area contributed by atoms with Gasteiger partial charge in [0.05, 0.1) is 0 Å². The van der Waals surface area contributed by atoms with Crippen LogP contribution in [0.4, 0.5) is 0 Å². The van der Waals surface area contributed by atoms with E-state index in [9.17, 15) is 0 Å². The molecule has 0 spiro atoms. The van der Waals surface area contributed by atoms with Gasteiger partial charge >= 0.3 is 0 Å². The second-order valence-corrected chi connectivity index (χ2v) is 3.52. The fourth-order valence-corrected chi connectivity index (χ4v) is 1.81. The highest BCUT2D eigenvalue weighted by Gasteiger charge is 2.09. The topological polar surface area (TPSA) is 0 Å². The quantitative estimate of drug-likeness (QED) is 0.614. The van der Waals surface area contributed by atoms with Crippen molar-refractivity contribution in [2.45, 2.75) is 26.2 Å². The molecule has 0 fully saturated rings. The zero-order valence-corrected chi connectivity index (χ0v) is 9.03. The van der Waals surface area contributed by atoms with E-state index in [1.807, 2.05) is 6.08 Å². The average molecular weight is 186 g/mol. The van der Waals surface area contributed by atoms with Gasteiger partial charge in [-0.05, 0) is 18.9 Å². The van der Waals surface area contributed by atoms with Gasteiger partial charge in [0.15, 0.2) is 0 Å². The number of benzene rings is 1. The maximum atomic E-state index is 3.73. The molecule has 0 amide bonds. The lowest BCUT2D eigenvalue weighted by Crippen LogP contribution is -1.98. The Morgan fingerprint density at radius 1 is 1.36 bits per heavy atom. The molecule has 0 aromatic heterocycles. The van der Waals surface area contributed by atoms with E-state index in [4.69, 9.17) is 0 Å². The van der Waals surface area contributed by atoms with Crippen LogP contribution in [0, 0.1) is 0 Å². The highest BCUT2D eigenvalue weighted by atomic mass is 14.1. The highest BCUT2D eigenvalue weighted by Crippen LogP contribution is 2.26. The molecule has 0 saturated carbocycles. The molecule has 0 aliphatic carbocycles. The van der Waals surface area contributed by atoms with Crippen LogP contribution in [0.3, 0.4) is 0 Å². The number of allylic oxidation sites excluding steroid dienone is 3. The van der Waals surface area contributed by atoms with Crippen LogP contribution >= 0.6 is 0 Å². The van der Waals surface area contributed by atoms with Crippen molar-refractivity contribution < 1.29 is 0 Å². The third-order valence-electron chi connectivity index (χ3n) is 2.54. The van der Waals surface area contributed by atoms with Gasteiger partial charge in [0.2, 0.25) is 0 Å². The van der Waals surface area contributed by atoms with Crippen LogP contribution in [0.2, 0.25) is 0 Å². The zero-order chi connectivity index (χ0) is 10.4. The van der Waals surface area contributed by atoms with Gasteiger partial charge in [-0.3, -0.25) is 0 Å². The zero-order valence-electron chi connectivity index (χ0n) is 9.03. The van der Waals surface area contributed by atoms with Crippen LogP contribution < -0.4 is 0 Å². The van der Waals surface area contributed by atoms with Crippen LogP contribution in [-0.2, 0) is 0 Å². The molecule has 0 aliphatic rings. The summed E-state index contributed by atoms with van der Waals surface area (Å²) in [6.45, 7) is 8.12. The lowest BCUT2D eigenvalue weighted by atomic mass is 9.89. The Balaban J connectivity index is 2.93. The first-order valence-electron chi connectivity index (χ1n) is 5.13. The molecule has 1 aromatic rings. The Hall–Kier alpha value is -1.30. The molecule has 0 bridgehead atoms. The predicted molar refractivity (Wildman–Crippen MR) is 63.4 cm³/mol. The van der Waals surface area contributed by atoms with Crippen LogP contribution in [-0.4, -0.2) is 0 Å². The van der Waals surface area contributed by atoms with Crippen LogP contribution in [0.1, 0.15) is 31.7 Å². The molecule has 0 aliphatic heterocycles. The van der Waals surface area contributed by atoms with Gasteiger partial charge < -0.3 is 0 Å². The normalized spacial score (nSPS) is 13.7. The lowest BCUT2D eigenvalue weighted by Gasteiger charge is -2.15. The number of rotatable bonds is 4. The summed E-state index contributed by atoms with van der Waals surface area (Å²) in [6.07, 6.45) is 5.10. The smallest absolute Gasteiger partial charge is 0.00458 e. The molecule has 0 N–H and O–H groups in total. The third kappa shape index (κ3) is 2.59. The first-order valence-corrected chi connectivity index (χ1v) is 5.13. The molecule has 0 heteroatoms. The van der Waals surface area contributed by atoms with Crippen molar-refractivity contribution in [3.63, 3.8) is 0 Å². The summed E-state index contributed by atoms with van der Waals surface area (Å²) in [6, 6.07) is 10.6. The van der Waals surface area contributed by atoms with Crippen molar-refractivity contribution in [2.24, 2.45) is 0 Å². The summed E-state index contributed by atoms with van der Waals surface area (Å²) in [5.41, 5.74) is 2.78. The molecule has 0 radical (unpaired) electrons. The van der Waals surface area contributed by atoms with Crippen molar-refractivity contribution in [3.8, 4) is 0 Å². The summed E-state index contributed by atoms with van der Waals surface area (Å²) in [5.74, 6) is 0.536. The van der Waals surface area contributed by atoms with Gasteiger partial charge in [-0.15, -0.1) is 0 Å². The molecule has 1 atom stereocenters. The largest absolute Gasteiger partial charge is 0.0991 e. The minimum absolute atomic E-state index is 0.536. The molecule has 0 heterocycles. The van der Waals surface area contributed by atoms with E-state index in [2.05, 4.69) is 56.8 Å². The summed E-state index contributed by atoms with van der Waals surface area (Å²) >= 11 is 0. The minimum atomic E-state index is 0.536. The Morgan fingerprint density at radius 2 is 2.00 bits per heavy atom. The van der Waals surface area contributed by atoms with E-state index >= 15 is 0 Å². The Kier molecular flexibility index (Phi) is 4.18. The van der Waals surface area contributed by atoms with Gasteiger partial charge in [0.1, 0.15) is 0 Å². The van der Waals surface area contributed by atoms with Crippen molar-refractivity contribution >= 4 is 0 Å². The van der Waals surface area contributed by atoms with E-state index in [1.54, 1.807) is 0 Å². The van der Waals surface area contributed by atoms with Gasteiger partial charge in [0.25, 0.3) is 0 Å². The maximum Gasteiger partial charge on any atom is 0.00458 e. The molecular formula is C14H18. The molecule has 1 unspecified atom stereocenters. The van der Waals surface area contributed by atoms with Gasteiger partial charge in [0, 0.05) is 5.92 Å². The van der Waals surface area contributed by atoms with Crippen LogP contribution in [0.15, 0.2) is 54.6 Å². The van der Waals surface area contributed by atoms with Crippen molar-refractivity contribution in [3.05, 3.63) is 60.2 Å². The molecular weight excluding hydrogens is 168 g/mol. The molecule has 0 nitrogen and oxygen atoms in total. The van der Waals surface area contributed by atoms with Gasteiger partial charge in [-0.2, -0.15) is 0 Å². The Morgan fingerprint density at radius 3 is 2.50 bits per heavy atom. The fraction of sp³-hybridized carbons (Fsp3) is 0.286. The molecule has 14 heavy (non-hydrogen) atoms. The predicted octanol–water partition coefficient (Wildman–Crippen LogP) is 4.31. The van der Waals surface area contributed by atoms with Crippen LogP contribution in [0.5, 0.6) is 0 Å². The monoisotopic (exact) mass is 186 g/mol. The average Bonchev–Trinajstić information content (AvgIpc) is 2.21. The van der Waals surface area contributed by atoms with E-state index in [0.717, 1.165) is 6.42 Å². The number of hydrogen-bond acceptors (Lipinski definition) is 0. The Labute approximate surface area is 87.0 Å². The van der Waals surface area contributed by atoms with Gasteiger partial charge in [-0.25, -0.2) is 0 Å². The van der Waals surface area contributed by atoms with Crippen molar-refractivity contribution in [1.29, 1.82) is 0 Å². The van der Waals surface area contributed by atoms with Gasteiger partial charge in [-0.1, -0.05) is 61.6 Å². The third-order valence-corrected chi connectivity index (χ3v) is 2.54. The Bertz CT molecular complexity index is 306. The second kappa shape index (κ2) is 5.43. The molecule has 1 aromatic carbocycles. The highest BCUT2D eigenvalue weighted by molar-refractivity contribution is 5.29. The maximum absolute atomic E-state index is 3.73. The fourth-order valence-electron chi connectivity index (χ4n) is 1.81. The molecule has 0 saturated heterocycles. The summed E-state index contributed by atoms with van der Waals surface area (Å²) in [4.78, 5) is 0. The van der Waals surface area contributed by atoms with E-state index < -0.39 is 0 Å². The molecule has 1 rings (SSSR count). The minimum Gasteiger partial charge on any atom is -0.0991 e. The first-order chi connectivity index (χ1) is 6.79. The van der Waals surface area contributed by atoms with Crippen LogP contribution in [0.25, 0.3) is 0 Å². The summed E-state index contributed by atoms with van der Waals surface area (Å²) in [5, 5.41) is 0. The van der Waals surface area contributed by atoms with Crippen molar-refractivity contribution in [2.75, 3.05) is 0 Å². The van der Waals surface area contributed by atoms with Crippen molar-refractivity contribution in [1.82, 2.24) is 0 Å². The van der Waals surface area contributed by atoms with E-state index in [-0.39, 0.29) is 0 Å². The first kappa shape index (κ1) is 10.8. The summed E-state index contributed by atoms with van der Waals surface area (Å²) < 4.78 is 0. The van der Waals surface area contributed by atoms with E-state index in [1.165, 1.54) is 11.1 Å². The second-order valence-electron chi connectivity index (χ2n) is 3.52. The number of hydrogen-bond donors (Lipinski definition) is 0. The molecule has 74 valence electrons. The summed E-state index contributed by atoms with van der Waals surface area (Å²) in [7, 11) is 0.